The molecule has 27 heavy (non-hydrogen) atoms. The Kier molecular flexibility index (Phi) is 5.24. The Hall–Kier alpha value is -2.22. The van der Waals surface area contributed by atoms with E-state index in [1.165, 1.54) is 0 Å². The van der Waals surface area contributed by atoms with Gasteiger partial charge in [-0.15, -0.1) is 0 Å². The van der Waals surface area contributed by atoms with Crippen molar-refractivity contribution in [2.45, 2.75) is 24.9 Å². The molecule has 0 aromatic heterocycles. The van der Waals surface area contributed by atoms with Gasteiger partial charge < -0.3 is 24.8 Å². The highest BCUT2D eigenvalue weighted by Crippen LogP contribution is 2.38. The van der Waals surface area contributed by atoms with Crippen LogP contribution in [0.15, 0.2) is 48.5 Å². The standard InChI is InChI=1S/C20H22F2N2O3/c21-20(22)11-15-10-16(6-7-18(15)27-20)23-8-9-24-17-12-25-19(26-13-17)14-4-2-1-3-5-14/h1-7,10,17,19,23-24H,8-9,11-13H2. The molecule has 2 aliphatic rings. The van der Waals surface area contributed by atoms with Gasteiger partial charge in [0.25, 0.3) is 0 Å². The van der Waals surface area contributed by atoms with E-state index in [9.17, 15) is 8.78 Å². The fraction of sp³-hybridized carbons (Fsp3) is 0.400. The Labute approximate surface area is 156 Å². The quantitative estimate of drug-likeness (QED) is 0.758. The Morgan fingerprint density at radius 1 is 1.00 bits per heavy atom. The third-order valence-corrected chi connectivity index (χ3v) is 4.57. The molecule has 144 valence electrons. The lowest BCUT2D eigenvalue weighted by Gasteiger charge is -2.30. The molecule has 4 rings (SSSR count). The van der Waals surface area contributed by atoms with Crippen molar-refractivity contribution in [3.05, 3.63) is 59.7 Å². The molecule has 7 heteroatoms. The summed E-state index contributed by atoms with van der Waals surface area (Å²) in [6, 6.07) is 15.0. The summed E-state index contributed by atoms with van der Waals surface area (Å²) in [5.41, 5.74) is 2.35. The topological polar surface area (TPSA) is 51.8 Å². The predicted molar refractivity (Wildman–Crippen MR) is 97.1 cm³/mol. The van der Waals surface area contributed by atoms with Gasteiger partial charge in [0.1, 0.15) is 5.75 Å². The van der Waals surface area contributed by atoms with Crippen LogP contribution in [0.4, 0.5) is 14.5 Å². The summed E-state index contributed by atoms with van der Waals surface area (Å²) in [7, 11) is 0. The van der Waals surface area contributed by atoms with E-state index >= 15 is 0 Å². The number of fused-ring (bicyclic) bond motifs is 1. The Morgan fingerprint density at radius 2 is 1.78 bits per heavy atom. The fourth-order valence-electron chi connectivity index (χ4n) is 3.25. The van der Waals surface area contributed by atoms with Gasteiger partial charge in [-0.2, -0.15) is 8.78 Å². The number of alkyl halides is 2. The lowest BCUT2D eigenvalue weighted by Crippen LogP contribution is -2.43. The first kappa shape index (κ1) is 18.2. The summed E-state index contributed by atoms with van der Waals surface area (Å²) in [4.78, 5) is 0. The molecule has 0 bridgehead atoms. The van der Waals surface area contributed by atoms with Crippen LogP contribution in [0.1, 0.15) is 17.4 Å². The van der Waals surface area contributed by atoms with Gasteiger partial charge in [-0.05, 0) is 18.2 Å². The zero-order chi connectivity index (χ0) is 18.7. The van der Waals surface area contributed by atoms with Crippen molar-refractivity contribution in [3.8, 4) is 5.75 Å². The van der Waals surface area contributed by atoms with Crippen molar-refractivity contribution in [1.82, 2.24) is 5.32 Å². The molecular weight excluding hydrogens is 354 g/mol. The number of nitrogens with one attached hydrogen (secondary N) is 2. The van der Waals surface area contributed by atoms with Gasteiger partial charge in [-0.1, -0.05) is 30.3 Å². The van der Waals surface area contributed by atoms with Crippen LogP contribution in [0.3, 0.4) is 0 Å². The van der Waals surface area contributed by atoms with Gasteiger partial charge in [-0.25, -0.2) is 0 Å². The lowest BCUT2D eigenvalue weighted by molar-refractivity contribution is -0.194. The molecule has 0 atom stereocenters. The van der Waals surface area contributed by atoms with Gasteiger partial charge in [0.2, 0.25) is 0 Å². The smallest absolute Gasteiger partial charge is 0.402 e. The highest BCUT2D eigenvalue weighted by atomic mass is 19.3. The van der Waals surface area contributed by atoms with Crippen molar-refractivity contribution in [1.29, 1.82) is 0 Å². The molecule has 0 spiro atoms. The largest absolute Gasteiger partial charge is 0.432 e. The number of rotatable bonds is 6. The van der Waals surface area contributed by atoms with Gasteiger partial charge in [0.05, 0.1) is 25.7 Å². The van der Waals surface area contributed by atoms with Crippen LogP contribution in [-0.2, 0) is 15.9 Å². The number of benzene rings is 2. The van der Waals surface area contributed by atoms with E-state index < -0.39 is 6.11 Å². The van der Waals surface area contributed by atoms with Crippen LogP contribution in [0.2, 0.25) is 0 Å². The fourth-order valence-corrected chi connectivity index (χ4v) is 3.25. The van der Waals surface area contributed by atoms with Crippen LogP contribution < -0.4 is 15.4 Å². The van der Waals surface area contributed by atoms with Gasteiger partial charge >= 0.3 is 6.11 Å². The molecule has 2 N–H and O–H groups in total. The minimum absolute atomic E-state index is 0.124. The minimum atomic E-state index is -3.10. The normalized spacial score (nSPS) is 23.5. The highest BCUT2D eigenvalue weighted by molar-refractivity contribution is 5.52. The third kappa shape index (κ3) is 4.55. The highest BCUT2D eigenvalue weighted by Gasteiger charge is 2.39. The van der Waals surface area contributed by atoms with Gasteiger partial charge in [0.15, 0.2) is 6.29 Å². The molecule has 0 amide bonds. The molecule has 0 radical (unpaired) electrons. The maximum Gasteiger partial charge on any atom is 0.402 e. The van der Waals surface area contributed by atoms with Crippen LogP contribution in [-0.4, -0.2) is 38.5 Å². The monoisotopic (exact) mass is 376 g/mol. The molecular formula is C20H22F2N2O3. The second kappa shape index (κ2) is 7.80. The van der Waals surface area contributed by atoms with E-state index in [-0.39, 0.29) is 24.5 Å². The summed E-state index contributed by atoms with van der Waals surface area (Å²) in [6.45, 7) is 2.52. The molecule has 1 saturated heterocycles. The van der Waals surface area contributed by atoms with E-state index in [0.717, 1.165) is 11.3 Å². The molecule has 2 aromatic rings. The summed E-state index contributed by atoms with van der Waals surface area (Å²) >= 11 is 0. The average molecular weight is 376 g/mol. The molecule has 1 fully saturated rings. The predicted octanol–water partition coefficient (Wildman–Crippen LogP) is 3.33. The maximum absolute atomic E-state index is 13.2. The number of anilines is 1. The van der Waals surface area contributed by atoms with Crippen molar-refractivity contribution in [3.63, 3.8) is 0 Å². The van der Waals surface area contributed by atoms with Crippen molar-refractivity contribution < 1.29 is 23.0 Å². The Morgan fingerprint density at radius 3 is 2.56 bits per heavy atom. The van der Waals surface area contributed by atoms with Gasteiger partial charge in [0, 0.05) is 29.9 Å². The van der Waals surface area contributed by atoms with Crippen LogP contribution in [0, 0.1) is 0 Å². The molecule has 0 aliphatic carbocycles. The minimum Gasteiger partial charge on any atom is -0.432 e. The van der Waals surface area contributed by atoms with Crippen LogP contribution in [0.25, 0.3) is 0 Å². The summed E-state index contributed by atoms with van der Waals surface area (Å²) < 4.78 is 42.6. The second-order valence-electron chi connectivity index (χ2n) is 6.73. The molecule has 5 nitrogen and oxygen atoms in total. The summed E-state index contributed by atoms with van der Waals surface area (Å²) in [6.07, 6.45) is -3.79. The van der Waals surface area contributed by atoms with Crippen LogP contribution in [0.5, 0.6) is 5.75 Å². The molecule has 2 aromatic carbocycles. The zero-order valence-corrected chi connectivity index (χ0v) is 14.8. The van der Waals surface area contributed by atoms with Crippen molar-refractivity contribution >= 4 is 5.69 Å². The van der Waals surface area contributed by atoms with Crippen molar-refractivity contribution in [2.75, 3.05) is 31.6 Å². The summed E-state index contributed by atoms with van der Waals surface area (Å²) in [5.74, 6) is 0.258. The van der Waals surface area contributed by atoms with E-state index in [2.05, 4.69) is 15.4 Å². The lowest BCUT2D eigenvalue weighted by atomic mass is 10.1. The first-order chi connectivity index (χ1) is 13.1. The van der Waals surface area contributed by atoms with E-state index in [4.69, 9.17) is 9.47 Å². The van der Waals surface area contributed by atoms with E-state index in [1.807, 2.05) is 30.3 Å². The van der Waals surface area contributed by atoms with Crippen LogP contribution >= 0.6 is 0 Å². The zero-order valence-electron chi connectivity index (χ0n) is 14.8. The Balaban J connectivity index is 1.18. The molecule has 2 heterocycles. The second-order valence-corrected chi connectivity index (χ2v) is 6.73. The maximum atomic E-state index is 13.2. The number of hydrogen-bond acceptors (Lipinski definition) is 5. The summed E-state index contributed by atoms with van der Waals surface area (Å²) in [5, 5.41) is 6.60. The van der Waals surface area contributed by atoms with E-state index in [1.54, 1.807) is 18.2 Å². The average Bonchev–Trinajstić information content (AvgIpc) is 2.99. The SMILES string of the molecule is FC1(F)Cc2cc(NCCNC3COC(c4ccccc4)OC3)ccc2O1. The molecule has 0 saturated carbocycles. The number of halogens is 2. The molecule has 0 unspecified atom stereocenters. The van der Waals surface area contributed by atoms with Gasteiger partial charge in [-0.3, -0.25) is 0 Å². The molecule has 2 aliphatic heterocycles. The number of ether oxygens (including phenoxy) is 3. The van der Waals surface area contributed by atoms with Crippen molar-refractivity contribution in [2.24, 2.45) is 0 Å². The number of hydrogen-bond donors (Lipinski definition) is 2. The van der Waals surface area contributed by atoms with E-state index in [0.29, 0.717) is 31.9 Å². The third-order valence-electron chi connectivity index (χ3n) is 4.57. The Bertz CT molecular complexity index is 765. The first-order valence-electron chi connectivity index (χ1n) is 9.04. The first-order valence-corrected chi connectivity index (χ1v) is 9.04.